The number of aromatic nitrogens is 2. The zero-order chi connectivity index (χ0) is 13.0. The highest BCUT2D eigenvalue weighted by molar-refractivity contribution is 9.10. The minimum absolute atomic E-state index is 0.665. The van der Waals surface area contributed by atoms with Crippen molar-refractivity contribution >= 4 is 15.9 Å². The predicted octanol–water partition coefficient (Wildman–Crippen LogP) is 3.38. The summed E-state index contributed by atoms with van der Waals surface area (Å²) in [6.07, 6.45) is 2.00. The number of nitrogens with one attached hydrogen (secondary N) is 1. The van der Waals surface area contributed by atoms with Gasteiger partial charge in [0.15, 0.2) is 0 Å². The minimum Gasteiger partial charge on any atom is -0.311 e. The van der Waals surface area contributed by atoms with Gasteiger partial charge in [-0.3, -0.25) is 0 Å². The topological polar surface area (TPSA) is 29.9 Å². The van der Waals surface area contributed by atoms with Crippen molar-refractivity contribution in [2.45, 2.75) is 20.4 Å². The smallest absolute Gasteiger partial charge is 0.0766 e. The molecule has 1 aromatic heterocycles. The molecule has 3 nitrogen and oxygen atoms in total. The van der Waals surface area contributed by atoms with Gasteiger partial charge < -0.3 is 5.32 Å². The molecular formula is C14H18BrN3. The van der Waals surface area contributed by atoms with Gasteiger partial charge in [-0.15, -0.1) is 0 Å². The van der Waals surface area contributed by atoms with Crippen molar-refractivity contribution in [3.63, 3.8) is 0 Å². The number of benzene rings is 1. The van der Waals surface area contributed by atoms with Crippen LogP contribution < -0.4 is 5.32 Å². The Morgan fingerprint density at radius 2 is 1.94 bits per heavy atom. The first-order chi connectivity index (χ1) is 8.65. The first-order valence-electron chi connectivity index (χ1n) is 6.16. The molecule has 0 aliphatic rings. The molecule has 0 fully saturated rings. The average molecular weight is 308 g/mol. The van der Waals surface area contributed by atoms with E-state index in [2.05, 4.69) is 46.3 Å². The van der Waals surface area contributed by atoms with E-state index in [1.54, 1.807) is 0 Å². The van der Waals surface area contributed by atoms with Gasteiger partial charge in [0.2, 0.25) is 0 Å². The van der Waals surface area contributed by atoms with Gasteiger partial charge in [-0.2, -0.15) is 5.10 Å². The highest BCUT2D eigenvalue weighted by Crippen LogP contribution is 2.13. The van der Waals surface area contributed by atoms with Crippen LogP contribution in [0.15, 0.2) is 41.0 Å². The molecule has 0 saturated heterocycles. The number of nitrogens with zero attached hydrogens (tertiary/aromatic N) is 2. The Kier molecular flexibility index (Phi) is 4.55. The molecule has 1 aromatic carbocycles. The monoisotopic (exact) mass is 307 g/mol. The summed E-state index contributed by atoms with van der Waals surface area (Å²) in [5, 5.41) is 7.94. The van der Waals surface area contributed by atoms with E-state index in [0.717, 1.165) is 28.9 Å². The predicted molar refractivity (Wildman–Crippen MR) is 77.8 cm³/mol. The van der Waals surface area contributed by atoms with Crippen molar-refractivity contribution in [1.29, 1.82) is 0 Å². The van der Waals surface area contributed by atoms with E-state index in [4.69, 9.17) is 0 Å². The third-order valence-electron chi connectivity index (χ3n) is 2.59. The van der Waals surface area contributed by atoms with Gasteiger partial charge in [0.1, 0.15) is 0 Å². The van der Waals surface area contributed by atoms with Crippen molar-refractivity contribution in [1.82, 2.24) is 15.1 Å². The van der Waals surface area contributed by atoms with Crippen molar-refractivity contribution in [3.05, 3.63) is 46.7 Å². The summed E-state index contributed by atoms with van der Waals surface area (Å²) >= 11 is 3.43. The lowest BCUT2D eigenvalue weighted by Crippen LogP contribution is -2.19. The van der Waals surface area contributed by atoms with E-state index in [0.29, 0.717) is 5.92 Å². The van der Waals surface area contributed by atoms with Crippen LogP contribution in [0.25, 0.3) is 5.69 Å². The lowest BCUT2D eigenvalue weighted by molar-refractivity contribution is 0.546. The third kappa shape index (κ3) is 3.68. The molecule has 2 rings (SSSR count). The first-order valence-corrected chi connectivity index (χ1v) is 6.95. The van der Waals surface area contributed by atoms with Crippen LogP contribution in [-0.2, 0) is 6.54 Å². The van der Waals surface area contributed by atoms with E-state index in [9.17, 15) is 0 Å². The molecule has 0 bridgehead atoms. The summed E-state index contributed by atoms with van der Waals surface area (Å²) in [5.41, 5.74) is 2.15. The Bertz CT molecular complexity index is 488. The maximum absolute atomic E-state index is 4.55. The Balaban J connectivity index is 1.99. The van der Waals surface area contributed by atoms with E-state index in [1.165, 1.54) is 0 Å². The van der Waals surface area contributed by atoms with Crippen LogP contribution in [0.3, 0.4) is 0 Å². The summed E-state index contributed by atoms with van der Waals surface area (Å²) in [4.78, 5) is 0. The van der Waals surface area contributed by atoms with Crippen LogP contribution in [0.5, 0.6) is 0 Å². The van der Waals surface area contributed by atoms with Crippen molar-refractivity contribution < 1.29 is 0 Å². The Morgan fingerprint density at radius 1 is 1.22 bits per heavy atom. The second-order valence-corrected chi connectivity index (χ2v) is 5.67. The zero-order valence-electron chi connectivity index (χ0n) is 10.7. The summed E-state index contributed by atoms with van der Waals surface area (Å²) in [6.45, 7) is 6.24. The van der Waals surface area contributed by atoms with Crippen LogP contribution in [0, 0.1) is 5.92 Å². The average Bonchev–Trinajstić information content (AvgIpc) is 2.78. The highest BCUT2D eigenvalue weighted by atomic mass is 79.9. The fraction of sp³-hybridized carbons (Fsp3) is 0.357. The maximum Gasteiger partial charge on any atom is 0.0766 e. The second-order valence-electron chi connectivity index (χ2n) is 4.75. The van der Waals surface area contributed by atoms with Crippen LogP contribution in [-0.4, -0.2) is 16.3 Å². The lowest BCUT2D eigenvalue weighted by atomic mass is 10.2. The van der Waals surface area contributed by atoms with Gasteiger partial charge in [-0.25, -0.2) is 4.68 Å². The number of rotatable bonds is 5. The fourth-order valence-electron chi connectivity index (χ4n) is 1.68. The van der Waals surface area contributed by atoms with Crippen LogP contribution in [0.4, 0.5) is 0 Å². The Hall–Kier alpha value is -1.13. The lowest BCUT2D eigenvalue weighted by Gasteiger charge is -2.05. The Morgan fingerprint density at radius 3 is 2.61 bits per heavy atom. The van der Waals surface area contributed by atoms with Gasteiger partial charge in [0.25, 0.3) is 0 Å². The van der Waals surface area contributed by atoms with Crippen molar-refractivity contribution in [2.75, 3.05) is 6.54 Å². The number of hydrogen-bond donors (Lipinski definition) is 1. The molecule has 0 radical (unpaired) electrons. The largest absolute Gasteiger partial charge is 0.311 e. The molecule has 1 N–H and O–H groups in total. The first kappa shape index (κ1) is 13.3. The van der Waals surface area contributed by atoms with Crippen molar-refractivity contribution in [2.24, 2.45) is 5.92 Å². The molecule has 0 aliphatic heterocycles. The van der Waals surface area contributed by atoms with E-state index < -0.39 is 0 Å². The zero-order valence-corrected chi connectivity index (χ0v) is 12.3. The SMILES string of the molecule is CC(C)CNCc1ccn(-c2ccc(Br)cc2)n1. The van der Waals surface area contributed by atoms with Gasteiger partial charge in [-0.05, 0) is 42.8 Å². The molecule has 0 spiro atoms. The molecule has 0 unspecified atom stereocenters. The Labute approximate surface area is 116 Å². The molecule has 0 atom stereocenters. The van der Waals surface area contributed by atoms with E-state index in [-0.39, 0.29) is 0 Å². The standard InChI is InChI=1S/C14H18BrN3/c1-11(2)9-16-10-13-7-8-18(17-13)14-5-3-12(15)4-6-14/h3-8,11,16H,9-10H2,1-2H3. The molecule has 0 aliphatic carbocycles. The van der Waals surface area contributed by atoms with Gasteiger partial charge in [0.05, 0.1) is 11.4 Å². The van der Waals surface area contributed by atoms with E-state index >= 15 is 0 Å². The van der Waals surface area contributed by atoms with Crippen LogP contribution >= 0.6 is 15.9 Å². The second kappa shape index (κ2) is 6.16. The summed E-state index contributed by atoms with van der Waals surface area (Å²) in [5.74, 6) is 0.665. The third-order valence-corrected chi connectivity index (χ3v) is 3.12. The van der Waals surface area contributed by atoms with Gasteiger partial charge >= 0.3 is 0 Å². The summed E-state index contributed by atoms with van der Waals surface area (Å²) < 4.78 is 2.98. The summed E-state index contributed by atoms with van der Waals surface area (Å²) in [7, 11) is 0. The maximum atomic E-state index is 4.55. The fourth-order valence-corrected chi connectivity index (χ4v) is 1.95. The van der Waals surface area contributed by atoms with Crippen LogP contribution in [0.2, 0.25) is 0 Å². The number of halogens is 1. The molecule has 4 heteroatoms. The molecule has 18 heavy (non-hydrogen) atoms. The van der Waals surface area contributed by atoms with Gasteiger partial charge in [0, 0.05) is 17.2 Å². The summed E-state index contributed by atoms with van der Waals surface area (Å²) in [6, 6.07) is 10.2. The molecule has 2 aromatic rings. The normalized spacial score (nSPS) is 11.1. The molecule has 96 valence electrons. The minimum atomic E-state index is 0.665. The van der Waals surface area contributed by atoms with Crippen LogP contribution in [0.1, 0.15) is 19.5 Å². The molecule has 0 amide bonds. The van der Waals surface area contributed by atoms with Gasteiger partial charge in [-0.1, -0.05) is 29.8 Å². The molecule has 1 heterocycles. The quantitative estimate of drug-likeness (QED) is 0.917. The highest BCUT2D eigenvalue weighted by Gasteiger charge is 2.01. The number of hydrogen-bond acceptors (Lipinski definition) is 2. The van der Waals surface area contributed by atoms with Crippen molar-refractivity contribution in [3.8, 4) is 5.69 Å². The van der Waals surface area contributed by atoms with E-state index in [1.807, 2.05) is 35.1 Å². The molecular weight excluding hydrogens is 290 g/mol. The molecule has 0 saturated carbocycles.